The maximum absolute atomic E-state index is 13.6. The molecule has 0 amide bonds. The Kier molecular flexibility index (Phi) is 3.64. The van der Waals surface area contributed by atoms with E-state index < -0.39 is 5.82 Å². The minimum absolute atomic E-state index is 0.143. The second-order valence-corrected chi connectivity index (χ2v) is 4.58. The number of aryl methyl sites for hydroxylation is 1. The minimum atomic E-state index is -0.396. The van der Waals surface area contributed by atoms with Crippen LogP contribution in [0, 0.1) is 12.7 Å². The molecule has 0 aliphatic heterocycles. The van der Waals surface area contributed by atoms with Gasteiger partial charge in [0.2, 0.25) is 0 Å². The van der Waals surface area contributed by atoms with Gasteiger partial charge in [-0.25, -0.2) is 4.39 Å². The summed E-state index contributed by atoms with van der Waals surface area (Å²) in [5.41, 5.74) is 1.44. The zero-order valence-corrected chi connectivity index (χ0v) is 11.4. The van der Waals surface area contributed by atoms with Crippen LogP contribution in [-0.2, 0) is 6.61 Å². The van der Waals surface area contributed by atoms with E-state index in [2.05, 4.69) is 10.2 Å². The van der Waals surface area contributed by atoms with E-state index in [1.807, 2.05) is 31.2 Å². The van der Waals surface area contributed by atoms with E-state index in [9.17, 15) is 4.39 Å². The van der Waals surface area contributed by atoms with Crippen LogP contribution in [0.2, 0.25) is 0 Å². The van der Waals surface area contributed by atoms with Gasteiger partial charge < -0.3 is 9.15 Å². The highest BCUT2D eigenvalue weighted by Crippen LogP contribution is 2.21. The molecule has 0 fully saturated rings. The molecule has 0 saturated carbocycles. The van der Waals surface area contributed by atoms with Gasteiger partial charge in [-0.2, -0.15) is 0 Å². The average molecular weight is 284 g/mol. The molecule has 0 radical (unpaired) electrons. The Labute approximate surface area is 121 Å². The van der Waals surface area contributed by atoms with Gasteiger partial charge in [0.1, 0.15) is 11.6 Å². The molecule has 0 saturated heterocycles. The van der Waals surface area contributed by atoms with Crippen LogP contribution in [0.5, 0.6) is 5.75 Å². The highest BCUT2D eigenvalue weighted by Gasteiger charge is 2.12. The molecule has 0 spiro atoms. The first kappa shape index (κ1) is 13.3. The second-order valence-electron chi connectivity index (χ2n) is 4.58. The molecule has 2 aromatic carbocycles. The molecule has 4 nitrogen and oxygen atoms in total. The number of nitrogens with zero attached hydrogens (tertiary/aromatic N) is 2. The van der Waals surface area contributed by atoms with Gasteiger partial charge in [0.15, 0.2) is 6.61 Å². The van der Waals surface area contributed by atoms with E-state index in [1.165, 1.54) is 6.07 Å². The molecule has 21 heavy (non-hydrogen) atoms. The van der Waals surface area contributed by atoms with Crippen LogP contribution in [0.1, 0.15) is 11.5 Å². The third kappa shape index (κ3) is 3.08. The molecular formula is C16H13FN2O2. The second kappa shape index (κ2) is 5.75. The van der Waals surface area contributed by atoms with E-state index in [-0.39, 0.29) is 18.1 Å². The lowest BCUT2D eigenvalue weighted by Crippen LogP contribution is -1.95. The lowest BCUT2D eigenvalue weighted by molar-refractivity contribution is 0.264. The smallest absolute Gasteiger partial charge is 0.254 e. The van der Waals surface area contributed by atoms with Gasteiger partial charge in [0.25, 0.3) is 11.8 Å². The van der Waals surface area contributed by atoms with E-state index in [0.29, 0.717) is 11.6 Å². The number of halogens is 1. The van der Waals surface area contributed by atoms with Gasteiger partial charge in [0, 0.05) is 0 Å². The van der Waals surface area contributed by atoms with Crippen molar-refractivity contribution in [3.8, 4) is 17.2 Å². The number of ether oxygens (including phenoxy) is 1. The monoisotopic (exact) mass is 284 g/mol. The molecule has 0 aliphatic rings. The normalized spacial score (nSPS) is 10.6. The Bertz CT molecular complexity index is 738. The predicted octanol–water partition coefficient (Wildman–Crippen LogP) is 3.76. The molecular weight excluding hydrogens is 271 g/mol. The van der Waals surface area contributed by atoms with Gasteiger partial charge in [-0.1, -0.05) is 29.8 Å². The number of hydrogen-bond acceptors (Lipinski definition) is 4. The summed E-state index contributed by atoms with van der Waals surface area (Å²) < 4.78 is 24.6. The third-order valence-electron chi connectivity index (χ3n) is 2.95. The zero-order chi connectivity index (χ0) is 14.7. The van der Waals surface area contributed by atoms with Crippen molar-refractivity contribution < 1.29 is 13.5 Å². The standard InChI is InChI=1S/C16H13FN2O2/c1-11-6-8-12(9-7-11)20-10-15-18-19-16(21-15)13-4-2-3-5-14(13)17/h2-9H,10H2,1H3. The highest BCUT2D eigenvalue weighted by molar-refractivity contribution is 5.53. The highest BCUT2D eigenvalue weighted by atomic mass is 19.1. The van der Waals surface area contributed by atoms with E-state index in [1.54, 1.807) is 18.2 Å². The van der Waals surface area contributed by atoms with Crippen LogP contribution in [0.3, 0.4) is 0 Å². The molecule has 1 aromatic heterocycles. The van der Waals surface area contributed by atoms with Crippen molar-refractivity contribution in [3.05, 3.63) is 65.8 Å². The van der Waals surface area contributed by atoms with Crippen LogP contribution >= 0.6 is 0 Å². The lowest BCUT2D eigenvalue weighted by Gasteiger charge is -2.03. The minimum Gasteiger partial charge on any atom is -0.484 e. The van der Waals surface area contributed by atoms with Gasteiger partial charge in [0.05, 0.1) is 5.56 Å². The van der Waals surface area contributed by atoms with Gasteiger partial charge >= 0.3 is 0 Å². The molecule has 0 N–H and O–H groups in total. The summed E-state index contributed by atoms with van der Waals surface area (Å²) >= 11 is 0. The van der Waals surface area contributed by atoms with E-state index >= 15 is 0 Å². The Morgan fingerprint density at radius 2 is 1.81 bits per heavy atom. The molecule has 1 heterocycles. The number of aromatic nitrogens is 2. The maximum atomic E-state index is 13.6. The first-order valence-electron chi connectivity index (χ1n) is 6.49. The molecule has 0 bridgehead atoms. The molecule has 106 valence electrons. The fourth-order valence-electron chi connectivity index (χ4n) is 1.83. The molecule has 0 atom stereocenters. The average Bonchev–Trinajstić information content (AvgIpc) is 2.96. The number of hydrogen-bond donors (Lipinski definition) is 0. The summed E-state index contributed by atoms with van der Waals surface area (Å²) in [5, 5.41) is 7.69. The molecule has 0 unspecified atom stereocenters. The largest absolute Gasteiger partial charge is 0.484 e. The third-order valence-corrected chi connectivity index (χ3v) is 2.95. The summed E-state index contributed by atoms with van der Waals surface area (Å²) in [6.45, 7) is 2.15. The van der Waals surface area contributed by atoms with Crippen LogP contribution in [0.25, 0.3) is 11.5 Å². The van der Waals surface area contributed by atoms with Gasteiger partial charge in [-0.3, -0.25) is 0 Å². The molecule has 5 heteroatoms. The SMILES string of the molecule is Cc1ccc(OCc2nnc(-c3ccccc3F)o2)cc1. The Hall–Kier alpha value is -2.69. The lowest BCUT2D eigenvalue weighted by atomic mass is 10.2. The first-order chi connectivity index (χ1) is 10.2. The zero-order valence-electron chi connectivity index (χ0n) is 11.4. The van der Waals surface area contributed by atoms with Crippen molar-refractivity contribution in [1.82, 2.24) is 10.2 Å². The van der Waals surface area contributed by atoms with E-state index in [0.717, 1.165) is 5.56 Å². The van der Waals surface area contributed by atoms with Crippen molar-refractivity contribution in [2.24, 2.45) is 0 Å². The summed E-state index contributed by atoms with van der Waals surface area (Å²) in [6.07, 6.45) is 0. The van der Waals surface area contributed by atoms with E-state index in [4.69, 9.17) is 9.15 Å². The predicted molar refractivity (Wildman–Crippen MR) is 75.2 cm³/mol. The molecule has 3 rings (SSSR count). The Morgan fingerprint density at radius 1 is 1.05 bits per heavy atom. The fourth-order valence-corrected chi connectivity index (χ4v) is 1.83. The van der Waals surface area contributed by atoms with Crippen molar-refractivity contribution >= 4 is 0 Å². The Balaban J connectivity index is 1.71. The van der Waals surface area contributed by atoms with Crippen molar-refractivity contribution in [2.45, 2.75) is 13.5 Å². The number of rotatable bonds is 4. The number of benzene rings is 2. The Morgan fingerprint density at radius 3 is 2.57 bits per heavy atom. The molecule has 3 aromatic rings. The van der Waals surface area contributed by atoms with Crippen LogP contribution in [0.4, 0.5) is 4.39 Å². The van der Waals surface area contributed by atoms with Crippen molar-refractivity contribution in [1.29, 1.82) is 0 Å². The van der Waals surface area contributed by atoms with Gasteiger partial charge in [-0.15, -0.1) is 10.2 Å². The quantitative estimate of drug-likeness (QED) is 0.732. The topological polar surface area (TPSA) is 48.2 Å². The van der Waals surface area contributed by atoms with Gasteiger partial charge in [-0.05, 0) is 31.2 Å². The molecule has 0 aliphatic carbocycles. The van der Waals surface area contributed by atoms with Crippen molar-refractivity contribution in [2.75, 3.05) is 0 Å². The van der Waals surface area contributed by atoms with Crippen LogP contribution < -0.4 is 4.74 Å². The summed E-state index contributed by atoms with van der Waals surface area (Å²) in [4.78, 5) is 0. The fraction of sp³-hybridized carbons (Fsp3) is 0.125. The summed E-state index contributed by atoms with van der Waals surface area (Å²) in [7, 11) is 0. The summed E-state index contributed by atoms with van der Waals surface area (Å²) in [5.74, 6) is 0.767. The first-order valence-corrected chi connectivity index (χ1v) is 6.49. The van der Waals surface area contributed by atoms with Crippen molar-refractivity contribution in [3.63, 3.8) is 0 Å². The van der Waals surface area contributed by atoms with Crippen LogP contribution in [-0.4, -0.2) is 10.2 Å². The maximum Gasteiger partial charge on any atom is 0.254 e. The summed E-state index contributed by atoms with van der Waals surface area (Å²) in [6, 6.07) is 13.9. The van der Waals surface area contributed by atoms with Crippen LogP contribution in [0.15, 0.2) is 52.9 Å².